The SMILES string of the molecule is C[C@H](C#N)Sc1nn(-c2ccccc2)c(=S)s1. The molecule has 0 unspecified atom stereocenters. The van der Waals surface area contributed by atoms with Gasteiger partial charge in [-0.15, -0.1) is 5.10 Å². The molecular weight excluding hydrogens is 270 g/mol. The Morgan fingerprint density at radius 2 is 2.18 bits per heavy atom. The van der Waals surface area contributed by atoms with Crippen LogP contribution in [0.5, 0.6) is 0 Å². The molecule has 0 aliphatic rings. The van der Waals surface area contributed by atoms with Crippen molar-refractivity contribution in [1.29, 1.82) is 5.26 Å². The molecule has 2 aromatic rings. The predicted molar refractivity (Wildman–Crippen MR) is 73.2 cm³/mol. The van der Waals surface area contributed by atoms with E-state index >= 15 is 0 Å². The molecule has 0 aliphatic heterocycles. The van der Waals surface area contributed by atoms with Crippen molar-refractivity contribution < 1.29 is 0 Å². The molecule has 0 radical (unpaired) electrons. The van der Waals surface area contributed by atoms with Crippen LogP contribution in [0.3, 0.4) is 0 Å². The molecule has 86 valence electrons. The Balaban J connectivity index is 2.33. The van der Waals surface area contributed by atoms with Crippen LogP contribution in [0, 0.1) is 15.3 Å². The summed E-state index contributed by atoms with van der Waals surface area (Å²) in [4.78, 5) is 0. The summed E-state index contributed by atoms with van der Waals surface area (Å²) in [6, 6.07) is 11.9. The van der Waals surface area contributed by atoms with E-state index < -0.39 is 0 Å². The highest BCUT2D eigenvalue weighted by atomic mass is 32.2. The van der Waals surface area contributed by atoms with E-state index in [4.69, 9.17) is 17.5 Å². The Bertz CT molecular complexity index is 594. The zero-order chi connectivity index (χ0) is 12.3. The number of para-hydroxylation sites is 1. The molecule has 2 rings (SSSR count). The number of benzene rings is 1. The van der Waals surface area contributed by atoms with E-state index in [1.165, 1.54) is 23.1 Å². The molecule has 1 aromatic heterocycles. The second kappa shape index (κ2) is 5.45. The normalized spacial score (nSPS) is 12.0. The molecule has 1 atom stereocenters. The van der Waals surface area contributed by atoms with Crippen molar-refractivity contribution in [3.05, 3.63) is 34.3 Å². The van der Waals surface area contributed by atoms with Gasteiger partial charge in [0.05, 0.1) is 17.0 Å². The fraction of sp³-hybridized carbons (Fsp3) is 0.182. The van der Waals surface area contributed by atoms with Crippen molar-refractivity contribution in [3.8, 4) is 11.8 Å². The maximum absolute atomic E-state index is 8.76. The smallest absolute Gasteiger partial charge is 0.184 e. The van der Waals surface area contributed by atoms with Crippen molar-refractivity contribution in [1.82, 2.24) is 9.78 Å². The topological polar surface area (TPSA) is 41.6 Å². The first-order chi connectivity index (χ1) is 8.20. The maximum Gasteiger partial charge on any atom is 0.184 e. The number of rotatable bonds is 3. The molecule has 0 amide bonds. The van der Waals surface area contributed by atoms with E-state index in [0.717, 1.165) is 10.0 Å². The second-order valence-corrected chi connectivity index (χ2v) is 6.48. The van der Waals surface area contributed by atoms with E-state index in [-0.39, 0.29) is 5.25 Å². The zero-order valence-corrected chi connectivity index (χ0v) is 11.5. The molecule has 0 fully saturated rings. The van der Waals surface area contributed by atoms with E-state index in [9.17, 15) is 0 Å². The van der Waals surface area contributed by atoms with Gasteiger partial charge >= 0.3 is 0 Å². The summed E-state index contributed by atoms with van der Waals surface area (Å²) < 4.78 is 3.25. The van der Waals surface area contributed by atoms with Gasteiger partial charge < -0.3 is 0 Å². The minimum absolute atomic E-state index is 0.111. The molecule has 0 bridgehead atoms. The number of hydrogen-bond acceptors (Lipinski definition) is 5. The van der Waals surface area contributed by atoms with Gasteiger partial charge in [0.25, 0.3) is 0 Å². The third-order valence-electron chi connectivity index (χ3n) is 1.99. The minimum atomic E-state index is -0.111. The van der Waals surface area contributed by atoms with Crippen molar-refractivity contribution in [2.45, 2.75) is 16.5 Å². The summed E-state index contributed by atoms with van der Waals surface area (Å²) in [7, 11) is 0. The van der Waals surface area contributed by atoms with Crippen LogP contribution in [-0.4, -0.2) is 15.0 Å². The van der Waals surface area contributed by atoms with Crippen molar-refractivity contribution in [2.24, 2.45) is 0 Å². The summed E-state index contributed by atoms with van der Waals surface area (Å²) in [5.74, 6) is 0. The number of hydrogen-bond donors (Lipinski definition) is 0. The van der Waals surface area contributed by atoms with Crippen LogP contribution in [0.2, 0.25) is 0 Å². The van der Waals surface area contributed by atoms with Crippen molar-refractivity contribution in [3.63, 3.8) is 0 Å². The first-order valence-electron chi connectivity index (χ1n) is 4.92. The molecule has 0 aliphatic carbocycles. The first kappa shape index (κ1) is 12.3. The largest absolute Gasteiger partial charge is 0.211 e. The van der Waals surface area contributed by atoms with Gasteiger partial charge in [-0.25, -0.2) is 4.68 Å². The maximum atomic E-state index is 8.76. The van der Waals surface area contributed by atoms with Crippen LogP contribution >= 0.6 is 35.3 Å². The highest BCUT2D eigenvalue weighted by Crippen LogP contribution is 2.27. The summed E-state index contributed by atoms with van der Waals surface area (Å²) in [6.07, 6.45) is 0. The van der Waals surface area contributed by atoms with Gasteiger partial charge in [0.2, 0.25) is 0 Å². The van der Waals surface area contributed by atoms with Gasteiger partial charge in [-0.1, -0.05) is 41.3 Å². The van der Waals surface area contributed by atoms with Crippen LogP contribution in [0.15, 0.2) is 34.7 Å². The third kappa shape index (κ3) is 2.94. The Hall–Kier alpha value is -1.16. The van der Waals surface area contributed by atoms with Crippen molar-refractivity contribution >= 4 is 35.3 Å². The lowest BCUT2D eigenvalue weighted by Gasteiger charge is -1.99. The van der Waals surface area contributed by atoms with E-state index in [1.54, 1.807) is 4.68 Å². The number of aromatic nitrogens is 2. The van der Waals surface area contributed by atoms with E-state index in [0.29, 0.717) is 3.95 Å². The van der Waals surface area contributed by atoms with Crippen LogP contribution in [0.4, 0.5) is 0 Å². The van der Waals surface area contributed by atoms with Crippen LogP contribution in [0.25, 0.3) is 5.69 Å². The second-order valence-electron chi connectivity index (χ2n) is 3.27. The third-order valence-corrected chi connectivity index (χ3v) is 4.30. The fourth-order valence-corrected chi connectivity index (χ4v) is 3.61. The first-order valence-corrected chi connectivity index (χ1v) is 7.03. The van der Waals surface area contributed by atoms with Crippen LogP contribution < -0.4 is 0 Å². The van der Waals surface area contributed by atoms with Gasteiger partial charge in [0.1, 0.15) is 0 Å². The van der Waals surface area contributed by atoms with Crippen LogP contribution in [0.1, 0.15) is 6.92 Å². The summed E-state index contributed by atoms with van der Waals surface area (Å²) in [5, 5.41) is 13.1. The average molecular weight is 279 g/mol. The molecule has 1 heterocycles. The predicted octanol–water partition coefficient (Wildman–Crippen LogP) is 3.67. The number of nitrogens with zero attached hydrogens (tertiary/aromatic N) is 3. The van der Waals surface area contributed by atoms with Gasteiger partial charge in [-0.05, 0) is 31.3 Å². The Morgan fingerprint density at radius 3 is 2.82 bits per heavy atom. The summed E-state index contributed by atoms with van der Waals surface area (Å²) in [6.45, 7) is 1.85. The van der Waals surface area contributed by atoms with Gasteiger partial charge in [-0.2, -0.15) is 5.26 Å². The van der Waals surface area contributed by atoms with E-state index in [2.05, 4.69) is 11.2 Å². The molecule has 0 saturated heterocycles. The Morgan fingerprint density at radius 1 is 1.47 bits per heavy atom. The zero-order valence-electron chi connectivity index (χ0n) is 9.03. The number of thioether (sulfide) groups is 1. The van der Waals surface area contributed by atoms with Gasteiger partial charge in [0.15, 0.2) is 8.29 Å². The van der Waals surface area contributed by atoms with Crippen molar-refractivity contribution in [2.75, 3.05) is 0 Å². The molecule has 0 saturated carbocycles. The molecule has 0 N–H and O–H groups in total. The molecule has 6 heteroatoms. The van der Waals surface area contributed by atoms with Gasteiger partial charge in [-0.3, -0.25) is 0 Å². The minimum Gasteiger partial charge on any atom is -0.211 e. The molecular formula is C11H9N3S3. The summed E-state index contributed by atoms with van der Waals surface area (Å²) >= 11 is 8.13. The Labute approximate surface area is 113 Å². The lowest BCUT2D eigenvalue weighted by molar-refractivity contribution is 0.829. The molecule has 1 aromatic carbocycles. The van der Waals surface area contributed by atoms with Crippen LogP contribution in [-0.2, 0) is 0 Å². The number of nitriles is 1. The highest BCUT2D eigenvalue weighted by molar-refractivity contribution is 8.01. The lowest BCUT2D eigenvalue weighted by atomic mass is 10.3. The molecule has 0 spiro atoms. The monoisotopic (exact) mass is 279 g/mol. The average Bonchev–Trinajstić information content (AvgIpc) is 2.71. The fourth-order valence-electron chi connectivity index (χ4n) is 1.22. The quantitative estimate of drug-likeness (QED) is 0.635. The van der Waals surface area contributed by atoms with E-state index in [1.807, 2.05) is 37.3 Å². The summed E-state index contributed by atoms with van der Waals surface area (Å²) in [5.41, 5.74) is 0.949. The molecule has 17 heavy (non-hydrogen) atoms. The highest BCUT2D eigenvalue weighted by Gasteiger charge is 2.09. The lowest BCUT2D eigenvalue weighted by Crippen LogP contribution is -1.96. The van der Waals surface area contributed by atoms with Gasteiger partial charge in [0, 0.05) is 0 Å². The molecule has 3 nitrogen and oxygen atoms in total. The standard InChI is InChI=1S/C11H9N3S3/c1-8(7-12)16-10-13-14(11(15)17-10)9-5-3-2-4-6-9/h2-6,8H,1H3/t8-/m1/s1. The Kier molecular flexibility index (Phi) is 3.94.